The second kappa shape index (κ2) is 10.1. The van der Waals surface area contributed by atoms with Crippen LogP contribution in [-0.4, -0.2) is 52.4 Å². The number of hydrogen-bond donors (Lipinski definition) is 1. The summed E-state index contributed by atoms with van der Waals surface area (Å²) in [5.74, 6) is 3.37. The molecule has 0 radical (unpaired) electrons. The van der Waals surface area contributed by atoms with Gasteiger partial charge in [0, 0.05) is 32.3 Å². The fraction of sp³-hybridized carbons (Fsp3) is 0.571. The van der Waals surface area contributed by atoms with Crippen molar-refractivity contribution >= 4 is 5.96 Å². The first kappa shape index (κ1) is 21.0. The minimum atomic E-state index is 0.289. The molecule has 0 spiro atoms. The molecule has 1 aliphatic carbocycles. The minimum Gasteiger partial charge on any atom is -0.497 e. The van der Waals surface area contributed by atoms with E-state index in [1.54, 1.807) is 18.1 Å². The van der Waals surface area contributed by atoms with E-state index in [0.717, 1.165) is 48.2 Å². The maximum Gasteiger partial charge on any atom is 0.194 e. The lowest BCUT2D eigenvalue weighted by atomic mass is 10.2. The van der Waals surface area contributed by atoms with Crippen molar-refractivity contribution in [3.05, 3.63) is 35.9 Å². The van der Waals surface area contributed by atoms with E-state index in [0.29, 0.717) is 13.1 Å². The predicted octanol–water partition coefficient (Wildman–Crippen LogP) is 2.74. The van der Waals surface area contributed by atoms with Gasteiger partial charge in [-0.25, -0.2) is 9.98 Å². The lowest BCUT2D eigenvalue weighted by molar-refractivity contribution is 0.207. The van der Waals surface area contributed by atoms with Gasteiger partial charge in [-0.3, -0.25) is 4.68 Å². The third-order valence-corrected chi connectivity index (χ3v) is 5.15. The summed E-state index contributed by atoms with van der Waals surface area (Å²) >= 11 is 0. The summed E-state index contributed by atoms with van der Waals surface area (Å²) in [6.45, 7) is 4.00. The van der Waals surface area contributed by atoms with Crippen LogP contribution in [0.1, 0.15) is 44.0 Å². The summed E-state index contributed by atoms with van der Waals surface area (Å²) in [4.78, 5) is 11.2. The van der Waals surface area contributed by atoms with Gasteiger partial charge in [-0.2, -0.15) is 5.10 Å². The van der Waals surface area contributed by atoms with E-state index in [4.69, 9.17) is 14.5 Å². The van der Waals surface area contributed by atoms with E-state index in [1.165, 1.54) is 12.8 Å². The van der Waals surface area contributed by atoms with Crippen molar-refractivity contribution in [1.82, 2.24) is 25.0 Å². The molecule has 8 heteroatoms. The Bertz CT molecular complexity index is 813. The van der Waals surface area contributed by atoms with Crippen molar-refractivity contribution < 1.29 is 9.47 Å². The maximum atomic E-state index is 6.30. The summed E-state index contributed by atoms with van der Waals surface area (Å²) in [6, 6.07) is 5.97. The first-order chi connectivity index (χ1) is 14.1. The van der Waals surface area contributed by atoms with Crippen LogP contribution in [0.3, 0.4) is 0 Å². The SMILES string of the molecule is CCNC(=NCc1ccc(OC)cc1OC1CCCC1)N(C)Cc1ncnn1C. The zero-order valence-corrected chi connectivity index (χ0v) is 17.9. The van der Waals surface area contributed by atoms with Gasteiger partial charge in [0.25, 0.3) is 0 Å². The Labute approximate surface area is 172 Å². The monoisotopic (exact) mass is 400 g/mol. The molecule has 29 heavy (non-hydrogen) atoms. The summed E-state index contributed by atoms with van der Waals surface area (Å²) < 4.78 is 13.5. The van der Waals surface area contributed by atoms with Crippen LogP contribution >= 0.6 is 0 Å². The minimum absolute atomic E-state index is 0.289. The molecule has 1 aromatic heterocycles. The van der Waals surface area contributed by atoms with Gasteiger partial charge in [0.15, 0.2) is 5.96 Å². The van der Waals surface area contributed by atoms with Gasteiger partial charge >= 0.3 is 0 Å². The average Bonchev–Trinajstić information content (AvgIpc) is 3.37. The standard InChI is InChI=1S/C21H32N6O2/c1-5-22-21(26(2)14-20-24-15-25-27(20)3)23-13-16-10-11-18(28-4)12-19(16)29-17-8-6-7-9-17/h10-12,15,17H,5-9,13-14H2,1-4H3,(H,22,23). The first-order valence-electron chi connectivity index (χ1n) is 10.3. The fourth-order valence-electron chi connectivity index (χ4n) is 3.47. The topological polar surface area (TPSA) is 76.8 Å². The van der Waals surface area contributed by atoms with E-state index in [-0.39, 0.29) is 6.10 Å². The molecule has 158 valence electrons. The van der Waals surface area contributed by atoms with Crippen LogP contribution in [0.15, 0.2) is 29.5 Å². The summed E-state index contributed by atoms with van der Waals surface area (Å²) in [6.07, 6.45) is 6.55. The molecule has 0 atom stereocenters. The lowest BCUT2D eigenvalue weighted by Gasteiger charge is -2.22. The van der Waals surface area contributed by atoms with E-state index >= 15 is 0 Å². The van der Waals surface area contributed by atoms with Crippen LogP contribution in [0, 0.1) is 0 Å². The molecular weight excluding hydrogens is 368 g/mol. The Kier molecular flexibility index (Phi) is 7.32. The molecule has 0 unspecified atom stereocenters. The number of aryl methyl sites for hydroxylation is 1. The van der Waals surface area contributed by atoms with E-state index < -0.39 is 0 Å². The number of aromatic nitrogens is 3. The molecule has 1 saturated carbocycles. The molecule has 1 aliphatic rings. The molecule has 1 N–H and O–H groups in total. The van der Waals surface area contributed by atoms with Crippen LogP contribution in [0.25, 0.3) is 0 Å². The molecule has 0 amide bonds. The number of methoxy groups -OCH3 is 1. The number of benzene rings is 1. The molecule has 1 heterocycles. The molecule has 8 nitrogen and oxygen atoms in total. The van der Waals surface area contributed by atoms with E-state index in [1.807, 2.05) is 32.3 Å². The summed E-state index contributed by atoms with van der Waals surface area (Å²) in [5.41, 5.74) is 1.06. The molecule has 1 aromatic carbocycles. The van der Waals surface area contributed by atoms with Crippen LogP contribution in [0.2, 0.25) is 0 Å². The lowest BCUT2D eigenvalue weighted by Crippen LogP contribution is -2.39. The van der Waals surface area contributed by atoms with Crippen molar-refractivity contribution in [2.45, 2.75) is 51.8 Å². The van der Waals surface area contributed by atoms with Crippen molar-refractivity contribution in [3.8, 4) is 11.5 Å². The first-order valence-corrected chi connectivity index (χ1v) is 10.3. The van der Waals surface area contributed by atoms with Crippen molar-refractivity contribution in [3.63, 3.8) is 0 Å². The number of aliphatic imine (C=N–C) groups is 1. The van der Waals surface area contributed by atoms with Gasteiger partial charge in [0.05, 0.1) is 26.3 Å². The van der Waals surface area contributed by atoms with Crippen LogP contribution in [-0.2, 0) is 20.1 Å². The number of guanidine groups is 1. The van der Waals surface area contributed by atoms with Gasteiger partial charge in [-0.1, -0.05) is 0 Å². The average molecular weight is 401 g/mol. The van der Waals surface area contributed by atoms with Crippen LogP contribution in [0.5, 0.6) is 11.5 Å². The second-order valence-corrected chi connectivity index (χ2v) is 7.32. The summed E-state index contributed by atoms with van der Waals surface area (Å²) in [5, 5.41) is 7.49. The molecule has 0 bridgehead atoms. The Morgan fingerprint density at radius 1 is 1.34 bits per heavy atom. The third-order valence-electron chi connectivity index (χ3n) is 5.15. The van der Waals surface area contributed by atoms with Crippen LogP contribution < -0.4 is 14.8 Å². The number of ether oxygens (including phenoxy) is 2. The Morgan fingerprint density at radius 3 is 2.79 bits per heavy atom. The van der Waals surface area contributed by atoms with Gasteiger partial charge < -0.3 is 19.7 Å². The third kappa shape index (κ3) is 5.62. The maximum absolute atomic E-state index is 6.30. The van der Waals surface area contributed by atoms with Crippen LogP contribution in [0.4, 0.5) is 0 Å². The highest BCUT2D eigenvalue weighted by molar-refractivity contribution is 5.79. The van der Waals surface area contributed by atoms with Gasteiger partial charge in [0.2, 0.25) is 0 Å². The largest absolute Gasteiger partial charge is 0.497 e. The smallest absolute Gasteiger partial charge is 0.194 e. The normalized spacial score (nSPS) is 14.8. The molecule has 2 aromatic rings. The van der Waals surface area contributed by atoms with Gasteiger partial charge in [-0.05, 0) is 44.7 Å². The Morgan fingerprint density at radius 2 is 2.14 bits per heavy atom. The van der Waals surface area contributed by atoms with E-state index in [9.17, 15) is 0 Å². The van der Waals surface area contributed by atoms with Crippen molar-refractivity contribution in [2.75, 3.05) is 20.7 Å². The molecule has 3 rings (SSSR count). The highest BCUT2D eigenvalue weighted by Gasteiger charge is 2.19. The summed E-state index contributed by atoms with van der Waals surface area (Å²) in [7, 11) is 5.57. The Hall–Kier alpha value is -2.77. The number of hydrogen-bond acceptors (Lipinski definition) is 5. The van der Waals surface area contributed by atoms with Gasteiger partial charge in [0.1, 0.15) is 23.7 Å². The highest BCUT2D eigenvalue weighted by Crippen LogP contribution is 2.30. The van der Waals surface area contributed by atoms with Crippen molar-refractivity contribution in [1.29, 1.82) is 0 Å². The molecular formula is C21H32N6O2. The van der Waals surface area contributed by atoms with Crippen molar-refractivity contribution in [2.24, 2.45) is 12.0 Å². The highest BCUT2D eigenvalue weighted by atomic mass is 16.5. The molecule has 0 saturated heterocycles. The molecule has 1 fully saturated rings. The zero-order chi connectivity index (χ0) is 20.6. The second-order valence-electron chi connectivity index (χ2n) is 7.32. The number of rotatable bonds is 8. The predicted molar refractivity (Wildman–Crippen MR) is 113 cm³/mol. The van der Waals surface area contributed by atoms with Gasteiger partial charge in [-0.15, -0.1) is 0 Å². The fourth-order valence-corrected chi connectivity index (χ4v) is 3.47. The van der Waals surface area contributed by atoms with E-state index in [2.05, 4.69) is 27.2 Å². The molecule has 0 aliphatic heterocycles. The zero-order valence-electron chi connectivity index (χ0n) is 17.9. The number of nitrogens with one attached hydrogen (secondary N) is 1. The number of nitrogens with zero attached hydrogens (tertiary/aromatic N) is 5. The Balaban J connectivity index is 1.76. The quantitative estimate of drug-likeness (QED) is 0.542.